The van der Waals surface area contributed by atoms with Gasteiger partial charge in [0.15, 0.2) is 0 Å². The second-order valence-electron chi connectivity index (χ2n) is 3.15. The Bertz CT molecular complexity index is 326. The molecule has 0 unspecified atom stereocenters. The number of rotatable bonds is 2. The minimum atomic E-state index is 1.03. The van der Waals surface area contributed by atoms with Crippen LogP contribution in [0.2, 0.25) is 0 Å². The van der Waals surface area contributed by atoms with Crippen LogP contribution in [0, 0.1) is 0 Å². The number of nitrogens with two attached hydrogens (primary N) is 4. The van der Waals surface area contributed by atoms with Crippen LogP contribution in [0.5, 0.6) is 0 Å². The minimum Gasteiger partial charge on any atom is -0.333 e. The van der Waals surface area contributed by atoms with E-state index >= 15 is 0 Å². The fraction of sp³-hybridized carbons (Fsp3) is 0.368. The third-order valence-electron chi connectivity index (χ3n) is 2.09. The first-order valence-electron chi connectivity index (χ1n) is 7.84. The van der Waals surface area contributed by atoms with Crippen LogP contribution in [-0.2, 0) is 6.42 Å². The Kier molecular flexibility index (Phi) is 41.1. The zero-order valence-electron chi connectivity index (χ0n) is 15.8. The van der Waals surface area contributed by atoms with Crippen molar-refractivity contribution in [1.82, 2.24) is 0 Å². The Hall–Kier alpha value is -1.72. The fourth-order valence-electron chi connectivity index (χ4n) is 1.43. The van der Waals surface area contributed by atoms with Crippen LogP contribution >= 0.6 is 0 Å². The summed E-state index contributed by atoms with van der Waals surface area (Å²) in [7, 11) is 6.00. The third kappa shape index (κ3) is 20.3. The standard InChI is InChI=1S/C13H12.C2H6.4CH5N/c1-3-7-12(8-4-1)11-13-9-5-2-6-10-13;5*1-2/h1-10H,11H2;1-2H3;4*2H2,1H3. The molecule has 0 aliphatic heterocycles. The Morgan fingerprint density at radius 1 is 0.478 bits per heavy atom. The third-order valence-corrected chi connectivity index (χ3v) is 2.09. The molecule has 0 heterocycles. The highest BCUT2D eigenvalue weighted by molar-refractivity contribution is 5.25. The van der Waals surface area contributed by atoms with Crippen molar-refractivity contribution in [2.75, 3.05) is 28.2 Å². The smallest absolute Gasteiger partial charge is 0.00258 e. The van der Waals surface area contributed by atoms with Crippen LogP contribution in [0.3, 0.4) is 0 Å². The summed E-state index contributed by atoms with van der Waals surface area (Å²) in [5.41, 5.74) is 20.7. The Balaban J connectivity index is -0.000000156. The molecule has 0 aliphatic carbocycles. The average molecular weight is 323 g/mol. The lowest BCUT2D eigenvalue weighted by Crippen LogP contribution is -1.85. The summed E-state index contributed by atoms with van der Waals surface area (Å²) in [5.74, 6) is 0. The second kappa shape index (κ2) is 32.3. The molecule has 0 fully saturated rings. The molecule has 2 aromatic rings. The lowest BCUT2D eigenvalue weighted by Gasteiger charge is -2.00. The van der Waals surface area contributed by atoms with Crippen molar-refractivity contribution in [3.05, 3.63) is 71.8 Å². The number of hydrogen-bond donors (Lipinski definition) is 4. The summed E-state index contributed by atoms with van der Waals surface area (Å²) >= 11 is 0. The lowest BCUT2D eigenvalue weighted by atomic mass is 10.1. The van der Waals surface area contributed by atoms with Crippen molar-refractivity contribution in [1.29, 1.82) is 0 Å². The Morgan fingerprint density at radius 2 is 0.696 bits per heavy atom. The van der Waals surface area contributed by atoms with Gasteiger partial charge in [-0.05, 0) is 45.7 Å². The van der Waals surface area contributed by atoms with E-state index in [0.717, 1.165) is 6.42 Å². The molecule has 0 amide bonds. The second-order valence-corrected chi connectivity index (χ2v) is 3.15. The predicted molar refractivity (Wildman–Crippen MR) is 107 cm³/mol. The number of hydrogen-bond acceptors (Lipinski definition) is 4. The van der Waals surface area contributed by atoms with Crippen molar-refractivity contribution in [2.24, 2.45) is 22.9 Å². The van der Waals surface area contributed by atoms with Crippen molar-refractivity contribution in [3.63, 3.8) is 0 Å². The zero-order valence-corrected chi connectivity index (χ0v) is 15.8. The molecule has 4 nitrogen and oxygen atoms in total. The largest absolute Gasteiger partial charge is 0.333 e. The Labute approximate surface area is 143 Å². The highest BCUT2D eigenvalue weighted by Crippen LogP contribution is 2.07. The highest BCUT2D eigenvalue weighted by atomic mass is 14.4. The molecule has 0 spiro atoms. The molecule has 0 bridgehead atoms. The molecule has 0 atom stereocenters. The van der Waals surface area contributed by atoms with Gasteiger partial charge in [-0.15, -0.1) is 0 Å². The van der Waals surface area contributed by atoms with Gasteiger partial charge in [-0.3, -0.25) is 0 Å². The summed E-state index contributed by atoms with van der Waals surface area (Å²) in [6.07, 6.45) is 1.03. The molecule has 8 N–H and O–H groups in total. The normalized spacial score (nSPS) is 6.87. The summed E-state index contributed by atoms with van der Waals surface area (Å²) in [6.45, 7) is 4.00. The van der Waals surface area contributed by atoms with E-state index in [1.54, 1.807) is 0 Å². The molecule has 0 radical (unpaired) electrons. The van der Waals surface area contributed by atoms with Crippen LogP contribution in [0.4, 0.5) is 0 Å². The zero-order chi connectivity index (χ0) is 18.9. The molecule has 0 saturated heterocycles. The molecule has 4 heteroatoms. The van der Waals surface area contributed by atoms with Gasteiger partial charge in [0.05, 0.1) is 0 Å². The van der Waals surface area contributed by atoms with E-state index in [1.165, 1.54) is 39.3 Å². The topological polar surface area (TPSA) is 104 Å². The summed E-state index contributed by atoms with van der Waals surface area (Å²) in [6, 6.07) is 21.1. The lowest BCUT2D eigenvalue weighted by molar-refractivity contribution is 1.19. The number of benzene rings is 2. The quantitative estimate of drug-likeness (QED) is 0.682. The maximum atomic E-state index is 4.50. The Morgan fingerprint density at radius 3 is 0.913 bits per heavy atom. The molecular formula is C19H38N4. The molecule has 0 saturated carbocycles. The van der Waals surface area contributed by atoms with E-state index in [0.29, 0.717) is 0 Å². The first-order chi connectivity index (χ1) is 11.4. The van der Waals surface area contributed by atoms with Gasteiger partial charge in [0, 0.05) is 0 Å². The van der Waals surface area contributed by atoms with E-state index in [-0.39, 0.29) is 0 Å². The van der Waals surface area contributed by atoms with Crippen molar-refractivity contribution < 1.29 is 0 Å². The van der Waals surface area contributed by atoms with E-state index < -0.39 is 0 Å². The fourth-order valence-corrected chi connectivity index (χ4v) is 1.43. The highest BCUT2D eigenvalue weighted by Gasteiger charge is 1.92. The summed E-state index contributed by atoms with van der Waals surface area (Å²) < 4.78 is 0. The molecule has 2 aromatic carbocycles. The first-order valence-corrected chi connectivity index (χ1v) is 7.84. The van der Waals surface area contributed by atoms with Crippen molar-refractivity contribution in [3.8, 4) is 0 Å². The van der Waals surface area contributed by atoms with E-state index in [9.17, 15) is 0 Å². The van der Waals surface area contributed by atoms with Crippen LogP contribution in [0.15, 0.2) is 60.7 Å². The maximum Gasteiger partial charge on any atom is -0.00258 e. The maximum absolute atomic E-state index is 4.50. The molecule has 2 rings (SSSR count). The van der Waals surface area contributed by atoms with Gasteiger partial charge in [0.2, 0.25) is 0 Å². The molecule has 134 valence electrons. The van der Waals surface area contributed by atoms with Crippen molar-refractivity contribution in [2.45, 2.75) is 20.3 Å². The van der Waals surface area contributed by atoms with Gasteiger partial charge < -0.3 is 22.9 Å². The van der Waals surface area contributed by atoms with Crippen LogP contribution in [0.1, 0.15) is 25.0 Å². The van der Waals surface area contributed by atoms with E-state index in [2.05, 4.69) is 83.6 Å². The van der Waals surface area contributed by atoms with Gasteiger partial charge >= 0.3 is 0 Å². The molecule has 0 aromatic heterocycles. The van der Waals surface area contributed by atoms with Crippen LogP contribution < -0.4 is 22.9 Å². The van der Waals surface area contributed by atoms with Gasteiger partial charge in [0.1, 0.15) is 0 Å². The molecule has 23 heavy (non-hydrogen) atoms. The summed E-state index contributed by atoms with van der Waals surface area (Å²) in [4.78, 5) is 0. The van der Waals surface area contributed by atoms with Gasteiger partial charge in [0.25, 0.3) is 0 Å². The monoisotopic (exact) mass is 322 g/mol. The van der Waals surface area contributed by atoms with Crippen LogP contribution in [-0.4, -0.2) is 28.2 Å². The van der Waals surface area contributed by atoms with Gasteiger partial charge in [-0.25, -0.2) is 0 Å². The van der Waals surface area contributed by atoms with Gasteiger partial charge in [-0.2, -0.15) is 0 Å². The minimum absolute atomic E-state index is 1.03. The predicted octanol–water partition coefficient (Wildman–Crippen LogP) is 2.60. The van der Waals surface area contributed by atoms with E-state index in [1.807, 2.05) is 13.8 Å². The molecule has 0 aliphatic rings. The van der Waals surface area contributed by atoms with Gasteiger partial charge in [-0.1, -0.05) is 74.5 Å². The van der Waals surface area contributed by atoms with Crippen LogP contribution in [0.25, 0.3) is 0 Å². The first kappa shape index (κ1) is 29.3. The SMILES string of the molecule is CC.CN.CN.CN.CN.c1ccc(Cc2ccccc2)cc1. The van der Waals surface area contributed by atoms with Crippen molar-refractivity contribution >= 4 is 0 Å². The molecular weight excluding hydrogens is 284 g/mol. The summed E-state index contributed by atoms with van der Waals surface area (Å²) in [5, 5.41) is 0. The average Bonchev–Trinajstić information content (AvgIpc) is 2.71. The van der Waals surface area contributed by atoms with E-state index in [4.69, 9.17) is 0 Å².